The molecule has 0 saturated heterocycles. The van der Waals surface area contributed by atoms with Gasteiger partial charge in [-0.1, -0.05) is 29.3 Å². The molecule has 0 spiro atoms. The van der Waals surface area contributed by atoms with Gasteiger partial charge in [-0.25, -0.2) is 8.99 Å². The Morgan fingerprint density at radius 1 is 1.12 bits per heavy atom. The van der Waals surface area contributed by atoms with E-state index >= 15 is 0 Å². The molecule has 33 heavy (non-hydrogen) atoms. The van der Waals surface area contributed by atoms with Crippen LogP contribution in [-0.4, -0.2) is 26.6 Å². The van der Waals surface area contributed by atoms with Crippen molar-refractivity contribution < 1.29 is 26.9 Å². The van der Waals surface area contributed by atoms with E-state index in [2.05, 4.69) is 15.5 Å². The van der Waals surface area contributed by atoms with Crippen molar-refractivity contribution in [2.75, 3.05) is 11.6 Å². The molecule has 2 aromatic carbocycles. The van der Waals surface area contributed by atoms with Crippen molar-refractivity contribution in [3.05, 3.63) is 69.3 Å². The Labute approximate surface area is 196 Å². The van der Waals surface area contributed by atoms with Crippen molar-refractivity contribution in [1.82, 2.24) is 10.2 Å². The molecule has 2 N–H and O–H groups in total. The first kappa shape index (κ1) is 24.7. The minimum absolute atomic E-state index is 0.0637. The Bertz CT molecular complexity index is 1350. The zero-order chi connectivity index (χ0) is 24.6. The Kier molecular flexibility index (Phi) is 6.87. The van der Waals surface area contributed by atoms with Crippen molar-refractivity contribution in [3.8, 4) is 11.6 Å². The Morgan fingerprint density at radius 3 is 2.42 bits per heavy atom. The quantitative estimate of drug-likeness (QED) is 0.418. The molecule has 174 valence electrons. The number of rotatable bonds is 5. The van der Waals surface area contributed by atoms with Gasteiger partial charge in [-0.2, -0.15) is 13.2 Å². The number of ether oxygens (including phenoxy) is 1. The van der Waals surface area contributed by atoms with Gasteiger partial charge < -0.3 is 10.1 Å². The predicted molar refractivity (Wildman–Crippen MR) is 118 cm³/mol. The van der Waals surface area contributed by atoms with Crippen LogP contribution < -0.4 is 10.1 Å². The predicted octanol–water partition coefficient (Wildman–Crippen LogP) is 6.19. The number of carbonyl (C=O) groups excluding carboxylic acids is 1. The molecule has 1 aromatic heterocycles. The summed E-state index contributed by atoms with van der Waals surface area (Å²) in [5.74, 6) is -1.41. The highest BCUT2D eigenvalue weighted by molar-refractivity contribution is 7.91. The fraction of sp³-hybridized carbons (Fsp3) is 0.150. The van der Waals surface area contributed by atoms with Gasteiger partial charge in [-0.15, -0.1) is 10.2 Å². The molecule has 7 nitrogen and oxygen atoms in total. The van der Waals surface area contributed by atoms with E-state index in [-0.39, 0.29) is 26.4 Å². The summed E-state index contributed by atoms with van der Waals surface area (Å²) < 4.78 is 65.4. The van der Waals surface area contributed by atoms with Crippen molar-refractivity contribution >= 4 is 44.5 Å². The molecule has 1 unspecified atom stereocenters. The highest BCUT2D eigenvalue weighted by Gasteiger charge is 2.38. The molecular weight excluding hydrogens is 504 g/mol. The number of amides is 1. The third-order valence-corrected chi connectivity index (χ3v) is 6.22. The first-order valence-corrected chi connectivity index (χ1v) is 11.7. The number of alkyl halides is 3. The molecule has 0 radical (unpaired) electrons. The summed E-state index contributed by atoms with van der Waals surface area (Å²) >= 11 is 11.8. The lowest BCUT2D eigenvalue weighted by Gasteiger charge is -2.16. The summed E-state index contributed by atoms with van der Waals surface area (Å²) in [4.78, 5) is 13.1. The number of aromatic nitrogens is 2. The number of carbonyl (C=O) groups is 1. The number of hydrogen-bond acceptors (Lipinski definition) is 6. The number of nitrogens with one attached hydrogen (secondary N) is 2. The van der Waals surface area contributed by atoms with Gasteiger partial charge in [0.25, 0.3) is 11.8 Å². The highest BCUT2D eigenvalue weighted by Crippen LogP contribution is 2.36. The highest BCUT2D eigenvalue weighted by atomic mass is 35.5. The number of hydrogen-bond donors (Lipinski definition) is 2. The lowest BCUT2D eigenvalue weighted by molar-refractivity contribution is -0.142. The standard InChI is InChI=1S/C20H15Cl2F3N4O3S/c1-10-16(18(30)27-11-4-3-5-13(8-11)33(2,26)31)19(29-28-17(10)20(23,24)25)32-12-6-7-14(21)15(22)9-12/h3-9,26H,1-2H3,(H,27,30). The zero-order valence-electron chi connectivity index (χ0n) is 17.0. The van der Waals surface area contributed by atoms with Gasteiger partial charge in [0, 0.05) is 22.9 Å². The molecule has 0 aliphatic carbocycles. The van der Waals surface area contributed by atoms with Crippen LogP contribution in [0, 0.1) is 11.7 Å². The summed E-state index contributed by atoms with van der Waals surface area (Å²) in [5.41, 5.74) is -2.27. The van der Waals surface area contributed by atoms with Crippen LogP contribution in [0.3, 0.4) is 0 Å². The molecule has 0 aliphatic heterocycles. The van der Waals surface area contributed by atoms with Crippen molar-refractivity contribution in [2.45, 2.75) is 18.0 Å². The van der Waals surface area contributed by atoms with Gasteiger partial charge in [-0.3, -0.25) is 4.79 Å². The van der Waals surface area contributed by atoms with Crippen LogP contribution in [0.5, 0.6) is 11.6 Å². The van der Waals surface area contributed by atoms with E-state index in [1.54, 1.807) is 0 Å². The van der Waals surface area contributed by atoms with Crippen LogP contribution >= 0.6 is 23.2 Å². The maximum Gasteiger partial charge on any atom is 0.435 e. The van der Waals surface area contributed by atoms with Crippen LogP contribution in [-0.2, 0) is 15.9 Å². The third-order valence-electron chi connectivity index (χ3n) is 4.33. The molecular formula is C20H15Cl2F3N4O3S. The lowest BCUT2D eigenvalue weighted by Crippen LogP contribution is -2.21. The van der Waals surface area contributed by atoms with E-state index in [0.29, 0.717) is 0 Å². The van der Waals surface area contributed by atoms with E-state index in [9.17, 15) is 22.2 Å². The topological polar surface area (TPSA) is 105 Å². The molecule has 0 aliphatic rings. The normalized spacial score (nSPS) is 13.3. The summed E-state index contributed by atoms with van der Waals surface area (Å²) in [6.45, 7) is 1.06. The SMILES string of the molecule is Cc1c(C(F)(F)F)nnc(Oc2ccc(Cl)c(Cl)c2)c1C(=O)Nc1cccc(S(C)(=N)=O)c1. The molecule has 0 bridgehead atoms. The van der Waals surface area contributed by atoms with Gasteiger partial charge in [0.2, 0.25) is 0 Å². The Hall–Kier alpha value is -2.89. The van der Waals surface area contributed by atoms with Crippen LogP contribution in [0.15, 0.2) is 47.4 Å². The largest absolute Gasteiger partial charge is 0.437 e. The van der Waals surface area contributed by atoms with Gasteiger partial charge in [0.05, 0.1) is 19.8 Å². The van der Waals surface area contributed by atoms with E-state index in [4.69, 9.17) is 32.7 Å². The van der Waals surface area contributed by atoms with Crippen molar-refractivity contribution in [1.29, 1.82) is 4.78 Å². The second-order valence-electron chi connectivity index (χ2n) is 6.86. The van der Waals surface area contributed by atoms with Crippen molar-refractivity contribution in [3.63, 3.8) is 0 Å². The van der Waals surface area contributed by atoms with E-state index in [1.165, 1.54) is 48.7 Å². The zero-order valence-corrected chi connectivity index (χ0v) is 19.3. The van der Waals surface area contributed by atoms with Crippen LogP contribution in [0.2, 0.25) is 10.0 Å². The monoisotopic (exact) mass is 518 g/mol. The Balaban J connectivity index is 2.07. The lowest BCUT2D eigenvalue weighted by atomic mass is 10.1. The average molecular weight is 519 g/mol. The molecule has 1 heterocycles. The van der Waals surface area contributed by atoms with Crippen LogP contribution in [0.1, 0.15) is 21.6 Å². The summed E-state index contributed by atoms with van der Waals surface area (Å²) in [6, 6.07) is 9.70. The van der Waals surface area contributed by atoms with Crippen LogP contribution in [0.4, 0.5) is 18.9 Å². The maximum absolute atomic E-state index is 13.4. The van der Waals surface area contributed by atoms with E-state index in [0.717, 1.165) is 6.92 Å². The fourth-order valence-corrected chi connectivity index (χ4v) is 3.75. The van der Waals surface area contributed by atoms with Crippen LogP contribution in [0.25, 0.3) is 0 Å². The van der Waals surface area contributed by atoms with Gasteiger partial charge in [-0.05, 0) is 42.8 Å². The molecule has 13 heteroatoms. The number of benzene rings is 2. The average Bonchev–Trinajstić information content (AvgIpc) is 2.69. The molecule has 1 atom stereocenters. The fourth-order valence-electron chi connectivity index (χ4n) is 2.77. The molecule has 3 rings (SSSR count). The molecule has 0 saturated carbocycles. The minimum Gasteiger partial charge on any atom is -0.437 e. The summed E-state index contributed by atoms with van der Waals surface area (Å²) in [5, 5.41) is 9.41. The first-order chi connectivity index (χ1) is 15.3. The molecule has 1 amide bonds. The second-order valence-corrected chi connectivity index (χ2v) is 9.83. The number of nitrogens with zero attached hydrogens (tertiary/aromatic N) is 2. The smallest absolute Gasteiger partial charge is 0.435 e. The molecule has 0 fully saturated rings. The van der Waals surface area contributed by atoms with E-state index < -0.39 is 44.5 Å². The molecule has 3 aromatic rings. The van der Waals surface area contributed by atoms with Crippen molar-refractivity contribution in [2.24, 2.45) is 0 Å². The second kappa shape index (κ2) is 9.16. The minimum atomic E-state index is -4.87. The third kappa shape index (κ3) is 5.73. The van der Waals surface area contributed by atoms with E-state index in [1.807, 2.05) is 0 Å². The Morgan fingerprint density at radius 2 is 1.82 bits per heavy atom. The maximum atomic E-state index is 13.4. The first-order valence-electron chi connectivity index (χ1n) is 9.00. The number of anilines is 1. The van der Waals surface area contributed by atoms with Gasteiger partial charge in [0.1, 0.15) is 11.3 Å². The number of halogens is 5. The summed E-state index contributed by atoms with van der Waals surface area (Å²) in [7, 11) is -3.09. The van der Waals surface area contributed by atoms with Gasteiger partial charge >= 0.3 is 6.18 Å². The van der Waals surface area contributed by atoms with Gasteiger partial charge in [0.15, 0.2) is 5.69 Å². The summed E-state index contributed by atoms with van der Waals surface area (Å²) in [6.07, 6.45) is -3.67.